The molecule has 4 heterocycles. The van der Waals surface area contributed by atoms with Crippen LogP contribution in [-0.2, 0) is 6.54 Å². The molecule has 2 aromatic rings. The van der Waals surface area contributed by atoms with Gasteiger partial charge in [-0.3, -0.25) is 4.90 Å². The molecule has 2 saturated heterocycles. The molecule has 7 heteroatoms. The van der Waals surface area contributed by atoms with Crippen molar-refractivity contribution in [3.63, 3.8) is 0 Å². The highest BCUT2D eigenvalue weighted by Crippen LogP contribution is 2.21. The van der Waals surface area contributed by atoms with Crippen LogP contribution in [0.25, 0.3) is 11.4 Å². The topological polar surface area (TPSA) is 61.5 Å². The van der Waals surface area contributed by atoms with Crippen molar-refractivity contribution in [3.05, 3.63) is 24.2 Å². The van der Waals surface area contributed by atoms with E-state index in [2.05, 4.69) is 42.8 Å². The first-order valence-corrected chi connectivity index (χ1v) is 9.80. The van der Waals surface area contributed by atoms with E-state index >= 15 is 0 Å². The molecule has 2 aliphatic heterocycles. The summed E-state index contributed by atoms with van der Waals surface area (Å²) >= 11 is 0. The molecule has 2 fully saturated rings. The van der Waals surface area contributed by atoms with Gasteiger partial charge < -0.3 is 14.3 Å². The summed E-state index contributed by atoms with van der Waals surface area (Å²) in [5, 5.41) is 4.15. The zero-order valence-electron chi connectivity index (χ0n) is 15.6. The number of rotatable bonds is 5. The highest BCUT2D eigenvalue weighted by Gasteiger charge is 2.19. The van der Waals surface area contributed by atoms with E-state index in [0.717, 1.165) is 63.7 Å². The van der Waals surface area contributed by atoms with Crippen LogP contribution in [0.2, 0.25) is 0 Å². The molecule has 2 aliphatic rings. The third-order valence-corrected chi connectivity index (χ3v) is 5.43. The Bertz CT molecular complexity index is 686. The van der Waals surface area contributed by atoms with Crippen molar-refractivity contribution in [2.75, 3.05) is 50.7 Å². The Kier molecular flexibility index (Phi) is 5.45. The minimum absolute atomic E-state index is 0.630. The maximum Gasteiger partial charge on any atom is 0.241 e. The minimum atomic E-state index is 0.630. The summed E-state index contributed by atoms with van der Waals surface area (Å²) in [5.41, 5.74) is 0.913. The highest BCUT2D eigenvalue weighted by molar-refractivity contribution is 5.55. The maximum absolute atomic E-state index is 5.47. The molecule has 0 unspecified atom stereocenters. The molecule has 0 atom stereocenters. The molecule has 0 N–H and O–H groups in total. The van der Waals surface area contributed by atoms with E-state index in [0.29, 0.717) is 11.7 Å². The number of hydrogen-bond donors (Lipinski definition) is 0. The fourth-order valence-electron chi connectivity index (χ4n) is 3.72. The maximum atomic E-state index is 5.47. The lowest BCUT2D eigenvalue weighted by molar-refractivity contribution is 0.121. The smallest absolute Gasteiger partial charge is 0.241 e. The van der Waals surface area contributed by atoms with E-state index in [9.17, 15) is 0 Å². The van der Waals surface area contributed by atoms with E-state index in [1.54, 1.807) is 0 Å². The molecule has 0 saturated carbocycles. The Labute approximate surface area is 155 Å². The quantitative estimate of drug-likeness (QED) is 0.814. The van der Waals surface area contributed by atoms with Gasteiger partial charge in [-0.2, -0.15) is 4.98 Å². The molecular weight excluding hydrogens is 328 g/mol. The average molecular weight is 356 g/mol. The summed E-state index contributed by atoms with van der Waals surface area (Å²) in [7, 11) is 0. The van der Waals surface area contributed by atoms with Crippen molar-refractivity contribution in [3.8, 4) is 11.4 Å². The summed E-state index contributed by atoms with van der Waals surface area (Å²) in [6, 6.07) is 4.12. The predicted molar refractivity (Wildman–Crippen MR) is 101 cm³/mol. The van der Waals surface area contributed by atoms with Crippen molar-refractivity contribution in [2.24, 2.45) is 0 Å². The second-order valence-electron chi connectivity index (χ2n) is 7.17. The number of anilines is 1. The number of piperidine rings is 1. The fourth-order valence-corrected chi connectivity index (χ4v) is 3.72. The molecule has 0 radical (unpaired) electrons. The molecular formula is C19H28N6O. The summed E-state index contributed by atoms with van der Waals surface area (Å²) in [6.45, 7) is 10.6. The Morgan fingerprint density at radius 3 is 2.42 bits per heavy atom. The SMILES string of the molecule is CCN1CCN(Cc2nc(-c3ccc(N4CCCCC4)nc3)no2)CC1. The van der Waals surface area contributed by atoms with Crippen LogP contribution in [0, 0.1) is 0 Å². The monoisotopic (exact) mass is 356 g/mol. The van der Waals surface area contributed by atoms with Crippen LogP contribution in [0.4, 0.5) is 5.82 Å². The van der Waals surface area contributed by atoms with Crippen LogP contribution in [0.3, 0.4) is 0 Å². The summed E-state index contributed by atoms with van der Waals surface area (Å²) < 4.78 is 5.47. The van der Waals surface area contributed by atoms with Crippen LogP contribution in [0.15, 0.2) is 22.9 Å². The van der Waals surface area contributed by atoms with E-state index in [4.69, 9.17) is 4.52 Å². The van der Waals surface area contributed by atoms with Gasteiger partial charge in [-0.25, -0.2) is 4.98 Å². The van der Waals surface area contributed by atoms with Crippen LogP contribution in [0.1, 0.15) is 32.1 Å². The largest absolute Gasteiger partial charge is 0.357 e. The molecule has 2 aromatic heterocycles. The van der Waals surface area contributed by atoms with Gasteiger partial charge in [0.15, 0.2) is 0 Å². The van der Waals surface area contributed by atoms with Gasteiger partial charge in [0.25, 0.3) is 0 Å². The van der Waals surface area contributed by atoms with Crippen molar-refractivity contribution in [1.29, 1.82) is 0 Å². The number of piperazine rings is 1. The number of pyridine rings is 1. The molecule has 0 aromatic carbocycles. The van der Waals surface area contributed by atoms with E-state index in [1.807, 2.05) is 12.3 Å². The predicted octanol–water partition coefficient (Wildman–Crippen LogP) is 2.26. The lowest BCUT2D eigenvalue weighted by atomic mass is 10.1. The Morgan fingerprint density at radius 2 is 1.73 bits per heavy atom. The number of aromatic nitrogens is 3. The molecule has 140 valence electrons. The van der Waals surface area contributed by atoms with Crippen molar-refractivity contribution in [1.82, 2.24) is 24.9 Å². The van der Waals surface area contributed by atoms with E-state index < -0.39 is 0 Å². The molecule has 0 bridgehead atoms. The third-order valence-electron chi connectivity index (χ3n) is 5.43. The van der Waals surface area contributed by atoms with Crippen LogP contribution < -0.4 is 4.90 Å². The Balaban J connectivity index is 1.36. The van der Waals surface area contributed by atoms with Gasteiger partial charge in [0.2, 0.25) is 11.7 Å². The van der Waals surface area contributed by atoms with Gasteiger partial charge in [-0.05, 0) is 37.9 Å². The lowest BCUT2D eigenvalue weighted by Crippen LogP contribution is -2.45. The van der Waals surface area contributed by atoms with E-state index in [1.165, 1.54) is 19.3 Å². The summed E-state index contributed by atoms with van der Waals surface area (Å²) in [4.78, 5) is 16.4. The molecule has 7 nitrogen and oxygen atoms in total. The number of likely N-dealkylation sites (N-methyl/N-ethyl adjacent to an activating group) is 1. The first-order valence-electron chi connectivity index (χ1n) is 9.80. The molecule has 0 spiro atoms. The normalized spacial score (nSPS) is 19.8. The van der Waals surface area contributed by atoms with Gasteiger partial charge in [0, 0.05) is 51.0 Å². The molecule has 4 rings (SSSR count). The van der Waals surface area contributed by atoms with E-state index in [-0.39, 0.29) is 0 Å². The second kappa shape index (κ2) is 8.14. The Hall–Kier alpha value is -1.99. The zero-order chi connectivity index (χ0) is 17.8. The van der Waals surface area contributed by atoms with Crippen molar-refractivity contribution in [2.45, 2.75) is 32.7 Å². The van der Waals surface area contributed by atoms with Gasteiger partial charge in [0.05, 0.1) is 6.54 Å². The highest BCUT2D eigenvalue weighted by atomic mass is 16.5. The van der Waals surface area contributed by atoms with Crippen molar-refractivity contribution >= 4 is 5.82 Å². The number of hydrogen-bond acceptors (Lipinski definition) is 7. The first kappa shape index (κ1) is 17.4. The molecule has 0 amide bonds. The fraction of sp³-hybridized carbons (Fsp3) is 0.632. The van der Waals surface area contributed by atoms with Crippen LogP contribution in [0.5, 0.6) is 0 Å². The van der Waals surface area contributed by atoms with Crippen LogP contribution in [-0.4, -0.2) is 70.7 Å². The second-order valence-corrected chi connectivity index (χ2v) is 7.17. The summed E-state index contributed by atoms with van der Waals surface area (Å²) in [6.07, 6.45) is 5.70. The molecule has 0 aliphatic carbocycles. The lowest BCUT2D eigenvalue weighted by Gasteiger charge is -2.33. The average Bonchev–Trinajstić information content (AvgIpc) is 3.18. The van der Waals surface area contributed by atoms with Crippen LogP contribution >= 0.6 is 0 Å². The third kappa shape index (κ3) is 4.04. The van der Waals surface area contributed by atoms with Gasteiger partial charge in [-0.15, -0.1) is 0 Å². The van der Waals surface area contributed by atoms with Crippen molar-refractivity contribution < 1.29 is 4.52 Å². The first-order chi connectivity index (χ1) is 12.8. The minimum Gasteiger partial charge on any atom is -0.357 e. The number of nitrogens with zero attached hydrogens (tertiary/aromatic N) is 6. The Morgan fingerprint density at radius 1 is 0.962 bits per heavy atom. The van der Waals surface area contributed by atoms with Gasteiger partial charge >= 0.3 is 0 Å². The van der Waals surface area contributed by atoms with Gasteiger partial charge in [0.1, 0.15) is 5.82 Å². The van der Waals surface area contributed by atoms with Gasteiger partial charge in [-0.1, -0.05) is 12.1 Å². The summed E-state index contributed by atoms with van der Waals surface area (Å²) in [5.74, 6) is 2.36. The molecule has 26 heavy (non-hydrogen) atoms. The zero-order valence-corrected chi connectivity index (χ0v) is 15.6. The standard InChI is InChI=1S/C19H28N6O/c1-2-23-10-12-24(13-11-23)15-18-21-19(22-26-18)16-6-7-17(20-14-16)25-8-4-3-5-9-25/h6-7,14H,2-5,8-13,15H2,1H3.